The summed E-state index contributed by atoms with van der Waals surface area (Å²) in [4.78, 5) is 0. The largest absolute Gasteiger partial charge is 0.494 e. The molecule has 0 saturated carbocycles. The van der Waals surface area contributed by atoms with E-state index in [-0.39, 0.29) is 0 Å². The first-order valence-electron chi connectivity index (χ1n) is 7.33. The van der Waals surface area contributed by atoms with Crippen molar-refractivity contribution < 1.29 is 4.74 Å². The van der Waals surface area contributed by atoms with Crippen molar-refractivity contribution in [2.75, 3.05) is 19.7 Å². The third-order valence-corrected chi connectivity index (χ3v) is 3.50. The second kappa shape index (κ2) is 10.1. The Bertz CT molecular complexity index is 355. The van der Waals surface area contributed by atoms with E-state index in [4.69, 9.17) is 16.3 Å². The second-order valence-electron chi connectivity index (χ2n) is 4.92. The highest BCUT2D eigenvalue weighted by atomic mass is 35.5. The lowest BCUT2D eigenvalue weighted by atomic mass is 10.2. The van der Waals surface area contributed by atoms with E-state index in [2.05, 4.69) is 12.2 Å². The van der Waals surface area contributed by atoms with E-state index >= 15 is 0 Å². The molecular formula is C16H26ClNO. The molecule has 0 fully saturated rings. The Hall–Kier alpha value is -0.730. The normalized spacial score (nSPS) is 10.7. The van der Waals surface area contributed by atoms with Gasteiger partial charge in [0.1, 0.15) is 5.75 Å². The Labute approximate surface area is 122 Å². The van der Waals surface area contributed by atoms with Gasteiger partial charge in [0.2, 0.25) is 0 Å². The Kier molecular flexibility index (Phi) is 8.68. The van der Waals surface area contributed by atoms with Gasteiger partial charge in [-0.15, -0.1) is 0 Å². The third kappa shape index (κ3) is 7.44. The molecule has 0 bridgehead atoms. The van der Waals surface area contributed by atoms with Crippen LogP contribution < -0.4 is 10.1 Å². The first-order chi connectivity index (χ1) is 9.24. The summed E-state index contributed by atoms with van der Waals surface area (Å²) in [5, 5.41) is 4.22. The van der Waals surface area contributed by atoms with Crippen LogP contribution in [0, 0.1) is 6.92 Å². The molecule has 0 heterocycles. The molecule has 108 valence electrons. The number of unbranched alkanes of at least 4 members (excludes halogenated alkanes) is 3. The fourth-order valence-corrected chi connectivity index (χ4v) is 2.02. The van der Waals surface area contributed by atoms with E-state index in [0.717, 1.165) is 42.5 Å². The van der Waals surface area contributed by atoms with Crippen LogP contribution in [0.15, 0.2) is 18.2 Å². The molecule has 3 heteroatoms. The maximum Gasteiger partial charge on any atom is 0.119 e. The molecule has 2 nitrogen and oxygen atoms in total. The molecule has 1 aromatic carbocycles. The topological polar surface area (TPSA) is 21.3 Å². The predicted octanol–water partition coefficient (Wildman–Crippen LogP) is 4.59. The van der Waals surface area contributed by atoms with Gasteiger partial charge in [-0.05, 0) is 63.0 Å². The summed E-state index contributed by atoms with van der Waals surface area (Å²) < 4.78 is 5.71. The van der Waals surface area contributed by atoms with Gasteiger partial charge in [0.15, 0.2) is 0 Å². The number of hydrogen-bond acceptors (Lipinski definition) is 2. The molecule has 0 spiro atoms. The monoisotopic (exact) mass is 283 g/mol. The van der Waals surface area contributed by atoms with Gasteiger partial charge in [0.05, 0.1) is 6.61 Å². The average molecular weight is 284 g/mol. The number of benzene rings is 1. The predicted molar refractivity (Wildman–Crippen MR) is 83.3 cm³/mol. The minimum atomic E-state index is 0.795. The van der Waals surface area contributed by atoms with Crippen molar-refractivity contribution in [3.8, 4) is 5.75 Å². The van der Waals surface area contributed by atoms with Crippen LogP contribution in [0.1, 0.15) is 44.6 Å². The van der Waals surface area contributed by atoms with E-state index < -0.39 is 0 Å². The summed E-state index contributed by atoms with van der Waals surface area (Å²) in [5.41, 5.74) is 1.07. The molecule has 0 atom stereocenters. The zero-order chi connectivity index (χ0) is 13.9. The van der Waals surface area contributed by atoms with E-state index in [1.807, 2.05) is 25.1 Å². The van der Waals surface area contributed by atoms with E-state index in [0.29, 0.717) is 0 Å². The standard InChI is InChI=1S/C16H26ClNO/c1-3-10-18-11-6-4-5-7-12-19-15-8-9-16(17)14(2)13-15/h8-9,13,18H,3-7,10-12H2,1-2H3. The molecule has 1 rings (SSSR count). The van der Waals surface area contributed by atoms with Crippen LogP contribution in [-0.4, -0.2) is 19.7 Å². The fraction of sp³-hybridized carbons (Fsp3) is 0.625. The Morgan fingerprint density at radius 1 is 1.11 bits per heavy atom. The molecule has 19 heavy (non-hydrogen) atoms. The van der Waals surface area contributed by atoms with Crippen molar-refractivity contribution in [3.63, 3.8) is 0 Å². The average Bonchev–Trinajstić information content (AvgIpc) is 2.41. The van der Waals surface area contributed by atoms with Crippen LogP contribution in [0.4, 0.5) is 0 Å². The molecule has 0 aliphatic heterocycles. The summed E-state index contributed by atoms with van der Waals surface area (Å²) in [7, 11) is 0. The minimum Gasteiger partial charge on any atom is -0.494 e. The number of rotatable bonds is 10. The lowest BCUT2D eigenvalue weighted by Crippen LogP contribution is -2.15. The van der Waals surface area contributed by atoms with Crippen molar-refractivity contribution in [2.45, 2.75) is 46.0 Å². The van der Waals surface area contributed by atoms with Crippen LogP contribution in [0.2, 0.25) is 5.02 Å². The molecule has 1 aromatic rings. The number of aryl methyl sites for hydroxylation is 1. The van der Waals surface area contributed by atoms with Crippen molar-refractivity contribution in [3.05, 3.63) is 28.8 Å². The van der Waals surface area contributed by atoms with Gasteiger partial charge in [-0.2, -0.15) is 0 Å². The highest BCUT2D eigenvalue weighted by Crippen LogP contribution is 2.21. The number of nitrogens with one attached hydrogen (secondary N) is 1. The zero-order valence-corrected chi connectivity index (χ0v) is 12.9. The molecular weight excluding hydrogens is 258 g/mol. The molecule has 0 saturated heterocycles. The van der Waals surface area contributed by atoms with Gasteiger partial charge in [0, 0.05) is 5.02 Å². The van der Waals surface area contributed by atoms with Crippen molar-refractivity contribution in [1.29, 1.82) is 0 Å². The van der Waals surface area contributed by atoms with Crippen LogP contribution in [0.5, 0.6) is 5.75 Å². The van der Waals surface area contributed by atoms with Crippen LogP contribution in [0.25, 0.3) is 0 Å². The molecule has 0 radical (unpaired) electrons. The van der Waals surface area contributed by atoms with E-state index in [9.17, 15) is 0 Å². The smallest absolute Gasteiger partial charge is 0.119 e. The van der Waals surface area contributed by atoms with Gasteiger partial charge in [-0.3, -0.25) is 0 Å². The number of hydrogen-bond donors (Lipinski definition) is 1. The highest BCUT2D eigenvalue weighted by molar-refractivity contribution is 6.31. The summed E-state index contributed by atoms with van der Waals surface area (Å²) >= 11 is 5.97. The fourth-order valence-electron chi connectivity index (χ4n) is 1.90. The minimum absolute atomic E-state index is 0.795. The first kappa shape index (κ1) is 16.3. The summed E-state index contributed by atoms with van der Waals surface area (Å²) in [6, 6.07) is 5.83. The van der Waals surface area contributed by atoms with Gasteiger partial charge in [0.25, 0.3) is 0 Å². The van der Waals surface area contributed by atoms with Crippen LogP contribution >= 0.6 is 11.6 Å². The van der Waals surface area contributed by atoms with Gasteiger partial charge in [-0.1, -0.05) is 31.4 Å². The lowest BCUT2D eigenvalue weighted by molar-refractivity contribution is 0.304. The van der Waals surface area contributed by atoms with Crippen LogP contribution in [-0.2, 0) is 0 Å². The third-order valence-electron chi connectivity index (χ3n) is 3.07. The Morgan fingerprint density at radius 2 is 1.89 bits per heavy atom. The first-order valence-corrected chi connectivity index (χ1v) is 7.71. The van der Waals surface area contributed by atoms with Gasteiger partial charge < -0.3 is 10.1 Å². The van der Waals surface area contributed by atoms with Gasteiger partial charge >= 0.3 is 0 Å². The van der Waals surface area contributed by atoms with E-state index in [1.165, 1.54) is 25.7 Å². The van der Waals surface area contributed by atoms with Crippen molar-refractivity contribution in [1.82, 2.24) is 5.32 Å². The van der Waals surface area contributed by atoms with Crippen LogP contribution in [0.3, 0.4) is 0 Å². The lowest BCUT2D eigenvalue weighted by Gasteiger charge is -2.08. The van der Waals surface area contributed by atoms with Gasteiger partial charge in [-0.25, -0.2) is 0 Å². The maximum absolute atomic E-state index is 5.97. The molecule has 0 aromatic heterocycles. The highest BCUT2D eigenvalue weighted by Gasteiger charge is 1.98. The summed E-state index contributed by atoms with van der Waals surface area (Å²) in [6.07, 6.45) is 6.12. The molecule has 0 unspecified atom stereocenters. The van der Waals surface area contributed by atoms with E-state index in [1.54, 1.807) is 0 Å². The zero-order valence-electron chi connectivity index (χ0n) is 12.2. The summed E-state index contributed by atoms with van der Waals surface area (Å²) in [5.74, 6) is 0.923. The molecule has 0 amide bonds. The molecule has 1 N–H and O–H groups in total. The second-order valence-corrected chi connectivity index (χ2v) is 5.33. The quantitative estimate of drug-likeness (QED) is 0.634. The Morgan fingerprint density at radius 3 is 2.63 bits per heavy atom. The SMILES string of the molecule is CCCNCCCCCCOc1ccc(Cl)c(C)c1. The van der Waals surface area contributed by atoms with Crippen molar-refractivity contribution in [2.24, 2.45) is 0 Å². The molecule has 0 aliphatic carbocycles. The maximum atomic E-state index is 5.97. The number of ether oxygens (including phenoxy) is 1. The molecule has 0 aliphatic rings. The number of halogens is 1. The van der Waals surface area contributed by atoms with Crippen molar-refractivity contribution >= 4 is 11.6 Å². The Balaban J connectivity index is 2.00. The summed E-state index contributed by atoms with van der Waals surface area (Å²) in [6.45, 7) is 7.27.